The maximum Gasteiger partial charge on any atom is 0.333 e. The number of aryl methyl sites for hydroxylation is 1. The molecule has 0 spiro atoms. The molecule has 0 saturated heterocycles. The second-order valence-corrected chi connectivity index (χ2v) is 8.04. The molecule has 0 aliphatic heterocycles. The highest BCUT2D eigenvalue weighted by molar-refractivity contribution is 5.87. The number of furan rings is 1. The molecule has 1 aromatic heterocycles. The average Bonchev–Trinajstić information content (AvgIpc) is 2.88. The largest absolute Gasteiger partial charge is 0.469 e. The summed E-state index contributed by atoms with van der Waals surface area (Å²) in [5.41, 5.74) is 1.87. The van der Waals surface area contributed by atoms with Crippen LogP contribution in [0.3, 0.4) is 0 Å². The van der Waals surface area contributed by atoms with E-state index < -0.39 is 11.7 Å². The van der Waals surface area contributed by atoms with Crippen LogP contribution in [0.1, 0.15) is 57.4 Å². The van der Waals surface area contributed by atoms with Crippen LogP contribution in [0, 0.1) is 18.3 Å². The van der Waals surface area contributed by atoms with E-state index in [1.807, 2.05) is 20.1 Å². The molecule has 1 heterocycles. The van der Waals surface area contributed by atoms with Gasteiger partial charge in [-0.25, -0.2) is 4.79 Å². The zero-order valence-electron chi connectivity index (χ0n) is 15.3. The summed E-state index contributed by atoms with van der Waals surface area (Å²) in [4.78, 5) is 12.2. The summed E-state index contributed by atoms with van der Waals surface area (Å²) < 4.78 is 11.4. The van der Waals surface area contributed by atoms with Crippen LogP contribution in [-0.2, 0) is 22.4 Å². The van der Waals surface area contributed by atoms with E-state index in [0.29, 0.717) is 12.0 Å². The van der Waals surface area contributed by atoms with Crippen molar-refractivity contribution in [3.63, 3.8) is 0 Å². The summed E-state index contributed by atoms with van der Waals surface area (Å²) in [6, 6.07) is 0. The normalized spacial score (nSPS) is 36.0. The van der Waals surface area contributed by atoms with E-state index >= 15 is 0 Å². The highest BCUT2D eigenvalue weighted by Crippen LogP contribution is 2.54. The Bertz CT molecular complexity index is 682. The van der Waals surface area contributed by atoms with Crippen LogP contribution in [0.15, 0.2) is 22.3 Å². The maximum atomic E-state index is 12.2. The minimum Gasteiger partial charge on any atom is -0.469 e. The molecule has 4 unspecified atom stereocenters. The topological polar surface area (TPSA) is 59.7 Å². The van der Waals surface area contributed by atoms with Crippen molar-refractivity contribution in [1.82, 2.24) is 0 Å². The molecule has 3 rings (SSSR count). The van der Waals surface area contributed by atoms with Crippen molar-refractivity contribution in [2.45, 2.75) is 72.0 Å². The zero-order chi connectivity index (χ0) is 17.7. The first-order valence-corrected chi connectivity index (χ1v) is 8.81. The highest BCUT2D eigenvalue weighted by atomic mass is 16.6. The molecule has 1 N–H and O–H groups in total. The van der Waals surface area contributed by atoms with E-state index in [-0.39, 0.29) is 17.3 Å². The lowest BCUT2D eigenvalue weighted by molar-refractivity contribution is -0.195. The van der Waals surface area contributed by atoms with Gasteiger partial charge in [-0.1, -0.05) is 13.0 Å². The van der Waals surface area contributed by atoms with Gasteiger partial charge in [0, 0.05) is 17.9 Å². The van der Waals surface area contributed by atoms with Crippen LogP contribution in [0.5, 0.6) is 0 Å². The quantitative estimate of drug-likeness (QED) is 0.662. The van der Waals surface area contributed by atoms with Crippen molar-refractivity contribution >= 4 is 5.97 Å². The number of rotatable bonds is 2. The van der Waals surface area contributed by atoms with E-state index in [2.05, 4.69) is 13.8 Å². The highest BCUT2D eigenvalue weighted by Gasteiger charge is 2.56. The van der Waals surface area contributed by atoms with Crippen LogP contribution >= 0.6 is 0 Å². The Morgan fingerprint density at radius 3 is 2.83 bits per heavy atom. The molecule has 24 heavy (non-hydrogen) atoms. The van der Waals surface area contributed by atoms with E-state index in [4.69, 9.17) is 9.15 Å². The Balaban J connectivity index is 1.88. The van der Waals surface area contributed by atoms with Crippen molar-refractivity contribution in [3.8, 4) is 0 Å². The monoisotopic (exact) mass is 332 g/mol. The molecule has 1 saturated carbocycles. The molecule has 4 atom stereocenters. The van der Waals surface area contributed by atoms with Gasteiger partial charge in [0.15, 0.2) is 0 Å². The number of hydrogen-bond donors (Lipinski definition) is 1. The smallest absolute Gasteiger partial charge is 0.333 e. The molecular weight excluding hydrogens is 304 g/mol. The first-order chi connectivity index (χ1) is 11.2. The summed E-state index contributed by atoms with van der Waals surface area (Å²) in [6.07, 6.45) is 6.30. The lowest BCUT2D eigenvalue weighted by Gasteiger charge is -2.54. The minimum atomic E-state index is -1.04. The van der Waals surface area contributed by atoms with Gasteiger partial charge in [0.05, 0.1) is 6.26 Å². The molecule has 4 heteroatoms. The third-order valence-corrected chi connectivity index (χ3v) is 6.34. The minimum absolute atomic E-state index is 0.0284. The maximum absolute atomic E-state index is 12.2. The number of hydrogen-bond acceptors (Lipinski definition) is 4. The summed E-state index contributed by atoms with van der Waals surface area (Å²) >= 11 is 0. The number of allylic oxidation sites excluding steroid dienone is 1. The number of esters is 1. The van der Waals surface area contributed by atoms with Gasteiger partial charge in [-0.3, -0.25) is 0 Å². The van der Waals surface area contributed by atoms with Gasteiger partial charge in [-0.05, 0) is 63.5 Å². The second-order valence-electron chi connectivity index (χ2n) is 8.04. The molecule has 2 aliphatic rings. The molecule has 0 radical (unpaired) electrons. The van der Waals surface area contributed by atoms with Gasteiger partial charge in [0.2, 0.25) is 0 Å². The fourth-order valence-electron chi connectivity index (χ4n) is 4.56. The molecule has 0 amide bonds. The van der Waals surface area contributed by atoms with Crippen LogP contribution in [0.2, 0.25) is 0 Å². The fourth-order valence-corrected chi connectivity index (χ4v) is 4.56. The van der Waals surface area contributed by atoms with Crippen molar-refractivity contribution in [3.05, 3.63) is 34.8 Å². The van der Waals surface area contributed by atoms with Gasteiger partial charge in [-0.15, -0.1) is 0 Å². The zero-order valence-corrected chi connectivity index (χ0v) is 15.3. The molecule has 1 aromatic rings. The van der Waals surface area contributed by atoms with Crippen LogP contribution < -0.4 is 0 Å². The molecule has 2 aliphatic carbocycles. The third kappa shape index (κ3) is 2.61. The second kappa shape index (κ2) is 5.76. The van der Waals surface area contributed by atoms with Gasteiger partial charge < -0.3 is 14.3 Å². The number of carbonyl (C=O) groups is 1. The predicted molar refractivity (Wildman–Crippen MR) is 91.6 cm³/mol. The molecular formula is C20H28O4. The Kier molecular flexibility index (Phi) is 4.15. The molecule has 0 bridgehead atoms. The molecule has 132 valence electrons. The summed E-state index contributed by atoms with van der Waals surface area (Å²) in [7, 11) is 0. The number of aliphatic hydroxyl groups is 1. The van der Waals surface area contributed by atoms with E-state index in [1.165, 1.54) is 5.56 Å². The molecule has 1 fully saturated rings. The lowest BCUT2D eigenvalue weighted by atomic mass is 9.54. The van der Waals surface area contributed by atoms with Crippen molar-refractivity contribution in [2.75, 3.05) is 0 Å². The molecule has 0 aromatic carbocycles. The number of ether oxygens (including phenoxy) is 1. The van der Waals surface area contributed by atoms with Crippen molar-refractivity contribution in [1.29, 1.82) is 0 Å². The number of carbonyl (C=O) groups excluding carboxylic acids is 1. The summed E-state index contributed by atoms with van der Waals surface area (Å²) in [5.74, 6) is 0.774. The van der Waals surface area contributed by atoms with Crippen molar-refractivity contribution in [2.24, 2.45) is 11.3 Å². The van der Waals surface area contributed by atoms with Gasteiger partial charge in [0.25, 0.3) is 0 Å². The third-order valence-electron chi connectivity index (χ3n) is 6.34. The predicted octanol–water partition coefficient (Wildman–Crippen LogP) is 3.73. The SMILES string of the molecule is CC=C(C)C(=O)OC1CCC2(C)Cc3occ(C)c3CC2C1(C)O. The molecule has 4 nitrogen and oxygen atoms in total. The number of fused-ring (bicyclic) bond motifs is 2. The Morgan fingerprint density at radius 2 is 2.17 bits per heavy atom. The fraction of sp³-hybridized carbons (Fsp3) is 0.650. The van der Waals surface area contributed by atoms with E-state index in [0.717, 1.165) is 30.6 Å². The van der Waals surface area contributed by atoms with Crippen LogP contribution in [0.4, 0.5) is 0 Å². The Hall–Kier alpha value is -1.55. The van der Waals surface area contributed by atoms with E-state index in [1.54, 1.807) is 13.0 Å². The van der Waals surface area contributed by atoms with Crippen LogP contribution in [0.25, 0.3) is 0 Å². The summed E-state index contributed by atoms with van der Waals surface area (Å²) in [5, 5.41) is 11.3. The first-order valence-electron chi connectivity index (χ1n) is 8.81. The van der Waals surface area contributed by atoms with Gasteiger partial charge in [-0.2, -0.15) is 0 Å². The average molecular weight is 332 g/mol. The lowest BCUT2D eigenvalue weighted by Crippen LogP contribution is -2.60. The first kappa shape index (κ1) is 17.3. The standard InChI is InChI=1S/C20H28O4/c1-6-12(2)18(21)24-17-7-8-19(4)10-15-14(13(3)11-23-15)9-16(19)20(17,5)22/h6,11,16-17,22H,7-10H2,1-5H3. The van der Waals surface area contributed by atoms with Gasteiger partial charge >= 0.3 is 5.97 Å². The Labute approximate surface area is 143 Å². The van der Waals surface area contributed by atoms with Crippen LogP contribution in [-0.4, -0.2) is 22.8 Å². The Morgan fingerprint density at radius 1 is 1.46 bits per heavy atom. The van der Waals surface area contributed by atoms with Gasteiger partial charge in [0.1, 0.15) is 17.5 Å². The van der Waals surface area contributed by atoms with Crippen molar-refractivity contribution < 1.29 is 19.1 Å². The summed E-state index contributed by atoms with van der Waals surface area (Å²) in [6.45, 7) is 9.67. The van der Waals surface area contributed by atoms with E-state index in [9.17, 15) is 9.90 Å².